The lowest BCUT2D eigenvalue weighted by Gasteiger charge is -2.15. The summed E-state index contributed by atoms with van der Waals surface area (Å²) in [6.45, 7) is -0.459. The second kappa shape index (κ2) is 11.3. The Bertz CT molecular complexity index is 1510. The van der Waals surface area contributed by atoms with E-state index in [1.165, 1.54) is 28.4 Å². The first-order chi connectivity index (χ1) is 17.9. The molecule has 4 aromatic rings. The number of fused-ring (bicyclic) bond motifs is 1. The molecule has 3 aromatic carbocycles. The summed E-state index contributed by atoms with van der Waals surface area (Å²) >= 11 is 3.46. The van der Waals surface area contributed by atoms with Crippen LogP contribution in [0.4, 0.5) is 5.69 Å². The summed E-state index contributed by atoms with van der Waals surface area (Å²) in [5.74, 6) is 1.40. The molecule has 0 fully saturated rings. The fraction of sp³-hybridized carbons (Fsp3) is 0.185. The Morgan fingerprint density at radius 2 is 1.65 bits per heavy atom. The van der Waals surface area contributed by atoms with Crippen LogP contribution in [0.5, 0.6) is 28.7 Å². The summed E-state index contributed by atoms with van der Waals surface area (Å²) < 4.78 is 33.8. The fourth-order valence-corrected chi connectivity index (χ4v) is 4.32. The predicted octanol–water partition coefficient (Wildman–Crippen LogP) is 5.27. The highest BCUT2D eigenvalue weighted by Crippen LogP contribution is 2.41. The molecule has 0 saturated carbocycles. The lowest BCUT2D eigenvalue weighted by Crippen LogP contribution is -2.23. The Morgan fingerprint density at radius 3 is 2.35 bits per heavy atom. The van der Waals surface area contributed by atoms with Gasteiger partial charge in [-0.05, 0) is 52.3 Å². The van der Waals surface area contributed by atoms with Gasteiger partial charge in [0.1, 0.15) is 17.1 Å². The van der Waals surface area contributed by atoms with E-state index in [1.807, 2.05) is 0 Å². The lowest BCUT2D eigenvalue weighted by atomic mass is 10.1. The minimum Gasteiger partial charge on any atom is -0.497 e. The van der Waals surface area contributed by atoms with Crippen LogP contribution in [0.15, 0.2) is 68.3 Å². The molecule has 37 heavy (non-hydrogen) atoms. The summed E-state index contributed by atoms with van der Waals surface area (Å²) in [6, 6.07) is 15.1. The van der Waals surface area contributed by atoms with Crippen molar-refractivity contribution >= 4 is 38.5 Å². The second-order valence-electron chi connectivity index (χ2n) is 7.68. The van der Waals surface area contributed by atoms with Crippen LogP contribution in [-0.2, 0) is 4.79 Å². The number of anilines is 1. The van der Waals surface area contributed by atoms with E-state index in [0.717, 1.165) is 0 Å². The van der Waals surface area contributed by atoms with Crippen molar-refractivity contribution < 1.29 is 32.9 Å². The molecule has 4 rings (SSSR count). The number of carbonyl (C=O) groups excluding carboxylic acids is 1. The van der Waals surface area contributed by atoms with Crippen molar-refractivity contribution in [2.75, 3.05) is 40.4 Å². The van der Waals surface area contributed by atoms with E-state index in [9.17, 15) is 9.59 Å². The molecule has 0 spiro atoms. The molecule has 0 aliphatic rings. The van der Waals surface area contributed by atoms with Crippen molar-refractivity contribution in [3.05, 3.63) is 69.3 Å². The normalized spacial score (nSPS) is 10.6. The van der Waals surface area contributed by atoms with E-state index in [1.54, 1.807) is 54.6 Å². The fourth-order valence-electron chi connectivity index (χ4n) is 3.72. The van der Waals surface area contributed by atoms with E-state index in [0.29, 0.717) is 49.7 Å². The lowest BCUT2D eigenvalue weighted by molar-refractivity contribution is -0.118. The molecule has 0 aliphatic heterocycles. The van der Waals surface area contributed by atoms with Crippen molar-refractivity contribution in [1.29, 1.82) is 0 Å². The van der Waals surface area contributed by atoms with E-state index >= 15 is 0 Å². The van der Waals surface area contributed by atoms with Gasteiger partial charge in [-0.2, -0.15) is 0 Å². The quantitative estimate of drug-likeness (QED) is 0.290. The molecule has 0 aliphatic carbocycles. The van der Waals surface area contributed by atoms with Crippen LogP contribution in [-0.4, -0.2) is 41.0 Å². The van der Waals surface area contributed by atoms with Crippen LogP contribution >= 0.6 is 15.9 Å². The molecule has 1 amide bonds. The van der Waals surface area contributed by atoms with Gasteiger partial charge >= 0.3 is 0 Å². The number of methoxy groups -OCH3 is 4. The summed E-state index contributed by atoms with van der Waals surface area (Å²) in [5, 5.41) is 3.04. The smallest absolute Gasteiger partial charge is 0.262 e. The molecule has 192 valence electrons. The number of hydrogen-bond donors (Lipinski definition) is 1. The van der Waals surface area contributed by atoms with E-state index in [2.05, 4.69) is 21.2 Å². The van der Waals surface area contributed by atoms with Crippen molar-refractivity contribution in [3.8, 4) is 40.1 Å². The number of carbonyl (C=O) groups is 1. The number of rotatable bonds is 9. The van der Waals surface area contributed by atoms with Gasteiger partial charge in [-0.25, -0.2) is 0 Å². The van der Waals surface area contributed by atoms with Gasteiger partial charge in [0.15, 0.2) is 23.9 Å². The molecule has 1 aromatic heterocycles. The monoisotopic (exact) mass is 569 g/mol. The van der Waals surface area contributed by atoms with Gasteiger partial charge in [-0.1, -0.05) is 12.1 Å². The van der Waals surface area contributed by atoms with Crippen LogP contribution < -0.4 is 34.4 Å². The maximum atomic E-state index is 13.4. The van der Waals surface area contributed by atoms with Gasteiger partial charge in [0.05, 0.1) is 44.0 Å². The maximum Gasteiger partial charge on any atom is 0.262 e. The van der Waals surface area contributed by atoms with Crippen molar-refractivity contribution in [1.82, 2.24) is 0 Å². The Hall–Kier alpha value is -4.18. The zero-order valence-electron chi connectivity index (χ0n) is 20.5. The first-order valence-corrected chi connectivity index (χ1v) is 11.8. The van der Waals surface area contributed by atoms with Crippen LogP contribution in [0.3, 0.4) is 0 Å². The highest BCUT2D eigenvalue weighted by molar-refractivity contribution is 9.10. The number of halogens is 1. The average Bonchev–Trinajstić information content (AvgIpc) is 2.92. The third-order valence-electron chi connectivity index (χ3n) is 5.48. The summed E-state index contributed by atoms with van der Waals surface area (Å²) in [7, 11) is 6.03. The van der Waals surface area contributed by atoms with Crippen LogP contribution in [0.2, 0.25) is 0 Å². The number of ether oxygens (including phenoxy) is 5. The standard InChI is InChI=1S/C27H24BrNO8/c1-32-16-9-10-19(21(13-16)33-2)29-23(30)14-36-27-24(31)17-7-5-6-8-20(17)37-25(27)15-11-18(28)26(35-4)22(12-15)34-3/h5-13H,14H2,1-4H3,(H,29,30). The van der Waals surface area contributed by atoms with Crippen LogP contribution in [0.25, 0.3) is 22.3 Å². The predicted molar refractivity (Wildman–Crippen MR) is 142 cm³/mol. The van der Waals surface area contributed by atoms with Crippen molar-refractivity contribution in [3.63, 3.8) is 0 Å². The summed E-state index contributed by atoms with van der Waals surface area (Å²) in [6.07, 6.45) is 0. The van der Waals surface area contributed by atoms with Gasteiger partial charge in [0.2, 0.25) is 11.2 Å². The van der Waals surface area contributed by atoms with Gasteiger partial charge in [-0.15, -0.1) is 0 Å². The van der Waals surface area contributed by atoms with E-state index in [-0.39, 0.29) is 11.5 Å². The first-order valence-electron chi connectivity index (χ1n) is 11.0. The molecule has 0 bridgehead atoms. The largest absolute Gasteiger partial charge is 0.497 e. The van der Waals surface area contributed by atoms with E-state index < -0.39 is 17.9 Å². The zero-order valence-corrected chi connectivity index (χ0v) is 22.1. The Labute approximate surface area is 221 Å². The minimum atomic E-state index is -0.504. The van der Waals surface area contributed by atoms with Gasteiger partial charge in [0, 0.05) is 11.6 Å². The molecule has 9 nitrogen and oxygen atoms in total. The van der Waals surface area contributed by atoms with Crippen LogP contribution in [0.1, 0.15) is 0 Å². The number of nitrogens with one attached hydrogen (secondary N) is 1. The Morgan fingerprint density at radius 1 is 0.892 bits per heavy atom. The molecule has 1 N–H and O–H groups in total. The van der Waals surface area contributed by atoms with E-state index in [4.69, 9.17) is 28.1 Å². The van der Waals surface area contributed by atoms with Gasteiger partial charge < -0.3 is 33.4 Å². The Kier molecular flexibility index (Phi) is 7.88. The highest BCUT2D eigenvalue weighted by Gasteiger charge is 2.22. The van der Waals surface area contributed by atoms with Gasteiger partial charge in [-0.3, -0.25) is 9.59 Å². The Balaban J connectivity index is 1.71. The summed E-state index contributed by atoms with van der Waals surface area (Å²) in [5.41, 5.74) is 0.858. The molecule has 1 heterocycles. The van der Waals surface area contributed by atoms with Crippen molar-refractivity contribution in [2.45, 2.75) is 0 Å². The molecular formula is C27H24BrNO8. The molecular weight excluding hydrogens is 546 g/mol. The number of para-hydroxylation sites is 1. The molecule has 0 radical (unpaired) electrons. The van der Waals surface area contributed by atoms with Crippen molar-refractivity contribution in [2.24, 2.45) is 0 Å². The number of amides is 1. The SMILES string of the molecule is COc1ccc(NC(=O)COc2c(-c3cc(Br)c(OC)c(OC)c3)oc3ccccc3c2=O)c(OC)c1. The van der Waals surface area contributed by atoms with Gasteiger partial charge in [0.25, 0.3) is 5.91 Å². The first kappa shape index (κ1) is 25.9. The van der Waals surface area contributed by atoms with Crippen LogP contribution in [0, 0.1) is 0 Å². The third-order valence-corrected chi connectivity index (χ3v) is 6.07. The third kappa shape index (κ3) is 5.34. The number of benzene rings is 3. The topological polar surface area (TPSA) is 105 Å². The average molecular weight is 570 g/mol. The zero-order chi connectivity index (χ0) is 26.5. The highest BCUT2D eigenvalue weighted by atomic mass is 79.9. The maximum absolute atomic E-state index is 13.4. The molecule has 0 unspecified atom stereocenters. The summed E-state index contributed by atoms with van der Waals surface area (Å²) in [4.78, 5) is 26.2. The minimum absolute atomic E-state index is 0.116. The number of hydrogen-bond acceptors (Lipinski definition) is 8. The molecule has 0 saturated heterocycles. The second-order valence-corrected chi connectivity index (χ2v) is 8.54. The molecule has 10 heteroatoms. The molecule has 0 atom stereocenters.